The Morgan fingerprint density at radius 1 is 1.17 bits per heavy atom. The van der Waals surface area contributed by atoms with Gasteiger partial charge in [-0.05, 0) is 86.0 Å². The molecule has 0 spiro atoms. The fourth-order valence-electron chi connectivity index (χ4n) is 6.74. The summed E-state index contributed by atoms with van der Waals surface area (Å²) in [5.74, 6) is 1.08. The van der Waals surface area contributed by atoms with Gasteiger partial charge in [-0.25, -0.2) is 0 Å². The van der Waals surface area contributed by atoms with Gasteiger partial charge < -0.3 is 10.2 Å². The molecule has 0 amide bonds. The van der Waals surface area contributed by atoms with Gasteiger partial charge in [0.2, 0.25) is 0 Å². The summed E-state index contributed by atoms with van der Waals surface area (Å²) in [6.45, 7) is 18.0. The molecule has 0 radical (unpaired) electrons. The predicted molar refractivity (Wildman–Crippen MR) is 125 cm³/mol. The lowest BCUT2D eigenvalue weighted by atomic mass is 9.52. The molecule has 3 aliphatic rings. The Morgan fingerprint density at radius 3 is 2.45 bits per heavy atom. The fraction of sp³-hybridized carbons (Fsp3) is 0.704. The van der Waals surface area contributed by atoms with E-state index >= 15 is 0 Å². The molecule has 0 aromatic carbocycles. The van der Waals surface area contributed by atoms with E-state index in [0.29, 0.717) is 22.7 Å². The third kappa shape index (κ3) is 4.21. The molecule has 0 aliphatic heterocycles. The zero-order valence-corrected chi connectivity index (χ0v) is 19.6. The Labute approximate surface area is 179 Å². The number of allylic oxidation sites excluding steroid dienone is 4. The molecule has 5 atom stereocenters. The normalized spacial score (nSPS) is 39.8. The first-order valence-corrected chi connectivity index (χ1v) is 11.7. The first kappa shape index (κ1) is 24.2. The summed E-state index contributed by atoms with van der Waals surface area (Å²) < 4.78 is 0. The van der Waals surface area contributed by atoms with Gasteiger partial charge >= 0.3 is 0 Å². The van der Waals surface area contributed by atoms with Crippen LogP contribution in [0.1, 0.15) is 85.5 Å². The lowest BCUT2D eigenvalue weighted by molar-refractivity contribution is 0.0471. The van der Waals surface area contributed by atoms with Crippen LogP contribution in [0.15, 0.2) is 47.6 Å². The van der Waals surface area contributed by atoms with Crippen molar-refractivity contribution in [2.24, 2.45) is 22.7 Å². The molecule has 29 heavy (non-hydrogen) atoms. The van der Waals surface area contributed by atoms with E-state index in [1.807, 2.05) is 0 Å². The molecular formula is C27H44O2. The first-order valence-electron chi connectivity index (χ1n) is 11.7. The molecule has 0 saturated heterocycles. The van der Waals surface area contributed by atoms with Crippen LogP contribution in [0.5, 0.6) is 0 Å². The Hall–Kier alpha value is -1.12. The summed E-state index contributed by atoms with van der Waals surface area (Å²) in [6.07, 6.45) is 15.1. The molecule has 0 bridgehead atoms. The third-order valence-corrected chi connectivity index (χ3v) is 8.66. The molecule has 0 aromatic rings. The van der Waals surface area contributed by atoms with Crippen LogP contribution in [0.2, 0.25) is 0 Å². The van der Waals surface area contributed by atoms with E-state index in [9.17, 15) is 5.11 Å². The van der Waals surface area contributed by atoms with E-state index in [-0.39, 0.29) is 6.10 Å². The highest BCUT2D eigenvalue weighted by Gasteiger charge is 2.58. The quantitative estimate of drug-likeness (QED) is 0.512. The third-order valence-electron chi connectivity index (χ3n) is 8.66. The smallest absolute Gasteiger partial charge is 0.0787 e. The van der Waals surface area contributed by atoms with Crippen molar-refractivity contribution in [2.75, 3.05) is 7.11 Å². The number of fused-ring (bicyclic) bond motifs is 1. The van der Waals surface area contributed by atoms with Crippen molar-refractivity contribution in [2.45, 2.75) is 91.6 Å². The largest absolute Gasteiger partial charge is 0.400 e. The van der Waals surface area contributed by atoms with E-state index in [1.54, 1.807) is 5.57 Å². The molecule has 3 fully saturated rings. The highest BCUT2D eigenvalue weighted by Crippen LogP contribution is 2.68. The zero-order valence-electron chi connectivity index (χ0n) is 19.6. The van der Waals surface area contributed by atoms with Crippen LogP contribution >= 0.6 is 0 Å². The van der Waals surface area contributed by atoms with Crippen molar-refractivity contribution in [3.8, 4) is 0 Å². The second-order valence-electron chi connectivity index (χ2n) is 9.72. The SMILES string of the molecule is C=C1C(C)C/C(=C\C=C2/CCCC3(CC)[C@@H](C(=C)CC)CC[C@@]23C)C[C@H]1O.CO. The van der Waals surface area contributed by atoms with Crippen molar-refractivity contribution >= 4 is 0 Å². The minimum absolute atomic E-state index is 0.308. The Kier molecular flexibility index (Phi) is 8.15. The highest BCUT2D eigenvalue weighted by molar-refractivity contribution is 5.33. The first-order chi connectivity index (χ1) is 13.8. The van der Waals surface area contributed by atoms with Crippen LogP contribution in [-0.4, -0.2) is 23.4 Å². The van der Waals surface area contributed by atoms with E-state index in [1.165, 1.54) is 49.7 Å². The van der Waals surface area contributed by atoms with E-state index in [4.69, 9.17) is 5.11 Å². The maximum atomic E-state index is 10.3. The number of hydrogen-bond donors (Lipinski definition) is 2. The molecule has 3 rings (SSSR count). The molecule has 3 saturated carbocycles. The average Bonchev–Trinajstić information content (AvgIpc) is 3.05. The minimum atomic E-state index is -0.362. The fourth-order valence-corrected chi connectivity index (χ4v) is 6.74. The molecule has 2 N–H and O–H groups in total. The minimum Gasteiger partial charge on any atom is -0.400 e. The summed E-state index contributed by atoms with van der Waals surface area (Å²) in [4.78, 5) is 0. The van der Waals surface area contributed by atoms with Crippen molar-refractivity contribution < 1.29 is 10.2 Å². The van der Waals surface area contributed by atoms with Gasteiger partial charge in [-0.15, -0.1) is 0 Å². The van der Waals surface area contributed by atoms with E-state index < -0.39 is 0 Å². The summed E-state index contributed by atoms with van der Waals surface area (Å²) in [7, 11) is 1.00. The monoisotopic (exact) mass is 400 g/mol. The average molecular weight is 401 g/mol. The second-order valence-corrected chi connectivity index (χ2v) is 9.72. The Bertz CT molecular complexity index is 654. The van der Waals surface area contributed by atoms with Crippen molar-refractivity contribution in [1.82, 2.24) is 0 Å². The van der Waals surface area contributed by atoms with Gasteiger partial charge in [0, 0.05) is 7.11 Å². The molecule has 164 valence electrons. The topological polar surface area (TPSA) is 40.5 Å². The molecule has 3 aliphatic carbocycles. The Balaban J connectivity index is 0.00000145. The van der Waals surface area contributed by atoms with Crippen molar-refractivity contribution in [1.29, 1.82) is 0 Å². The number of hydrogen-bond acceptors (Lipinski definition) is 2. The number of rotatable bonds is 4. The summed E-state index contributed by atoms with van der Waals surface area (Å²) in [5, 5.41) is 17.3. The van der Waals surface area contributed by atoms with Crippen LogP contribution in [0.3, 0.4) is 0 Å². The molecule has 0 heterocycles. The van der Waals surface area contributed by atoms with Crippen LogP contribution in [-0.2, 0) is 0 Å². The van der Waals surface area contributed by atoms with E-state index in [0.717, 1.165) is 31.9 Å². The maximum absolute atomic E-state index is 10.3. The van der Waals surface area contributed by atoms with Crippen molar-refractivity contribution in [3.05, 3.63) is 47.6 Å². The lowest BCUT2D eigenvalue weighted by Crippen LogP contribution is -2.43. The van der Waals surface area contributed by atoms with Gasteiger partial charge in [-0.3, -0.25) is 0 Å². The standard InChI is InChI=1S/C26H40O.CH4O/c1-7-18(3)23-13-15-25(6)22(10-9-14-26(23,25)8-2)12-11-21-16-19(4)20(5)24(27)17-21;1-2/h11-12,19,23-24,27H,3,5,7-10,13-17H2,1-2,4,6H3;2H,1H3/b21-11+,22-12+;/t19?,23-,24-,25+,26?;/m1./s1. The van der Waals surface area contributed by atoms with Crippen LogP contribution in [0.25, 0.3) is 0 Å². The molecule has 2 heteroatoms. The molecule has 0 aromatic heterocycles. The number of aliphatic hydroxyl groups excluding tert-OH is 2. The Morgan fingerprint density at radius 2 is 1.86 bits per heavy atom. The predicted octanol–water partition coefficient (Wildman–Crippen LogP) is 6.76. The zero-order chi connectivity index (χ0) is 21.8. The van der Waals surface area contributed by atoms with Crippen LogP contribution in [0, 0.1) is 22.7 Å². The molecular weight excluding hydrogens is 356 g/mol. The van der Waals surface area contributed by atoms with E-state index in [2.05, 4.69) is 53.0 Å². The van der Waals surface area contributed by atoms with Gasteiger partial charge in [0.25, 0.3) is 0 Å². The molecule has 2 unspecified atom stereocenters. The van der Waals surface area contributed by atoms with Gasteiger partial charge in [-0.2, -0.15) is 0 Å². The maximum Gasteiger partial charge on any atom is 0.0787 e. The lowest BCUT2D eigenvalue weighted by Gasteiger charge is -2.52. The summed E-state index contributed by atoms with van der Waals surface area (Å²) >= 11 is 0. The van der Waals surface area contributed by atoms with Crippen LogP contribution < -0.4 is 0 Å². The summed E-state index contributed by atoms with van der Waals surface area (Å²) in [5.41, 5.74) is 6.23. The summed E-state index contributed by atoms with van der Waals surface area (Å²) in [6, 6.07) is 0. The van der Waals surface area contributed by atoms with Gasteiger partial charge in [0.05, 0.1) is 6.10 Å². The van der Waals surface area contributed by atoms with Crippen molar-refractivity contribution in [3.63, 3.8) is 0 Å². The van der Waals surface area contributed by atoms with Gasteiger partial charge in [-0.1, -0.05) is 69.7 Å². The highest BCUT2D eigenvalue weighted by atomic mass is 16.3. The van der Waals surface area contributed by atoms with Gasteiger partial charge in [0.1, 0.15) is 0 Å². The van der Waals surface area contributed by atoms with Gasteiger partial charge in [0.15, 0.2) is 0 Å². The van der Waals surface area contributed by atoms with Crippen LogP contribution in [0.4, 0.5) is 0 Å². The molecule has 2 nitrogen and oxygen atoms in total. The second kappa shape index (κ2) is 9.79. The number of aliphatic hydroxyl groups is 2.